The molecular formula is C16H22N4O4S. The SMILES string of the molecule is C/C=C(\NC(=O)c1cccc(CNC(C)S)n1)C(=O)N[C@@H](C)C(=O)O. The van der Waals surface area contributed by atoms with Gasteiger partial charge in [-0.15, -0.1) is 0 Å². The van der Waals surface area contributed by atoms with Crippen LogP contribution in [0.4, 0.5) is 0 Å². The van der Waals surface area contributed by atoms with Crippen LogP contribution in [0, 0.1) is 0 Å². The normalized spacial score (nSPS) is 13.7. The van der Waals surface area contributed by atoms with Crippen LogP contribution in [0.25, 0.3) is 0 Å². The smallest absolute Gasteiger partial charge is 0.325 e. The summed E-state index contributed by atoms with van der Waals surface area (Å²) < 4.78 is 0. The van der Waals surface area contributed by atoms with Crippen molar-refractivity contribution in [1.82, 2.24) is 20.9 Å². The van der Waals surface area contributed by atoms with Crippen LogP contribution in [0.3, 0.4) is 0 Å². The molecule has 0 bridgehead atoms. The number of aromatic nitrogens is 1. The van der Waals surface area contributed by atoms with Crippen LogP contribution < -0.4 is 16.0 Å². The van der Waals surface area contributed by atoms with E-state index in [-0.39, 0.29) is 16.8 Å². The van der Waals surface area contributed by atoms with E-state index in [0.29, 0.717) is 12.2 Å². The first kappa shape index (κ1) is 20.7. The Morgan fingerprint density at radius 1 is 1.32 bits per heavy atom. The first-order chi connectivity index (χ1) is 11.7. The summed E-state index contributed by atoms with van der Waals surface area (Å²) in [7, 11) is 0. The molecular weight excluding hydrogens is 344 g/mol. The van der Waals surface area contributed by atoms with Gasteiger partial charge in [0, 0.05) is 11.9 Å². The maximum atomic E-state index is 12.3. The summed E-state index contributed by atoms with van der Waals surface area (Å²) >= 11 is 4.20. The Bertz CT molecular complexity index is 676. The molecule has 2 amide bonds. The Morgan fingerprint density at radius 2 is 2.00 bits per heavy atom. The van der Waals surface area contributed by atoms with E-state index < -0.39 is 23.8 Å². The summed E-state index contributed by atoms with van der Waals surface area (Å²) in [6.45, 7) is 5.20. The second kappa shape index (κ2) is 9.80. The van der Waals surface area contributed by atoms with Crippen LogP contribution in [0.1, 0.15) is 37.0 Å². The number of carboxylic acid groups (broad SMARTS) is 1. The van der Waals surface area contributed by atoms with Crippen LogP contribution in [0.2, 0.25) is 0 Å². The minimum Gasteiger partial charge on any atom is -0.480 e. The lowest BCUT2D eigenvalue weighted by atomic mass is 10.2. The highest BCUT2D eigenvalue weighted by Gasteiger charge is 2.19. The van der Waals surface area contributed by atoms with Crippen molar-refractivity contribution in [3.05, 3.63) is 41.4 Å². The van der Waals surface area contributed by atoms with Gasteiger partial charge in [0.05, 0.1) is 5.69 Å². The van der Waals surface area contributed by atoms with E-state index in [4.69, 9.17) is 5.11 Å². The molecule has 0 saturated carbocycles. The molecule has 8 nitrogen and oxygen atoms in total. The minimum atomic E-state index is -1.17. The molecule has 1 aromatic rings. The van der Waals surface area contributed by atoms with Gasteiger partial charge in [-0.1, -0.05) is 12.1 Å². The zero-order valence-corrected chi connectivity index (χ0v) is 15.1. The fourth-order valence-corrected chi connectivity index (χ4v) is 1.83. The summed E-state index contributed by atoms with van der Waals surface area (Å²) in [6, 6.07) is 3.89. The molecule has 1 rings (SSSR count). The van der Waals surface area contributed by atoms with E-state index in [1.165, 1.54) is 19.1 Å². The van der Waals surface area contributed by atoms with Gasteiger partial charge in [-0.3, -0.25) is 14.4 Å². The van der Waals surface area contributed by atoms with Crippen LogP contribution in [-0.4, -0.2) is 39.3 Å². The van der Waals surface area contributed by atoms with Crippen molar-refractivity contribution in [1.29, 1.82) is 0 Å². The molecule has 0 aromatic carbocycles. The van der Waals surface area contributed by atoms with Gasteiger partial charge in [0.15, 0.2) is 0 Å². The number of nitrogens with one attached hydrogen (secondary N) is 3. The van der Waals surface area contributed by atoms with Gasteiger partial charge in [-0.25, -0.2) is 4.98 Å². The third-order valence-electron chi connectivity index (χ3n) is 3.12. The zero-order chi connectivity index (χ0) is 19.0. The third-order valence-corrected chi connectivity index (χ3v) is 3.30. The fraction of sp³-hybridized carbons (Fsp3) is 0.375. The Kier molecular flexibility index (Phi) is 8.09. The van der Waals surface area contributed by atoms with Crippen LogP contribution >= 0.6 is 12.6 Å². The molecule has 4 N–H and O–H groups in total. The molecule has 0 fully saturated rings. The van der Waals surface area contributed by atoms with Gasteiger partial charge >= 0.3 is 5.97 Å². The lowest BCUT2D eigenvalue weighted by molar-refractivity contribution is -0.140. The van der Waals surface area contributed by atoms with Gasteiger partial charge in [0.1, 0.15) is 17.4 Å². The number of thiol groups is 1. The average molecular weight is 366 g/mol. The monoisotopic (exact) mass is 366 g/mol. The van der Waals surface area contributed by atoms with Crippen LogP contribution in [-0.2, 0) is 16.1 Å². The summed E-state index contributed by atoms with van der Waals surface area (Å²) in [5.41, 5.74) is 0.747. The number of hydrogen-bond donors (Lipinski definition) is 5. The molecule has 2 atom stereocenters. The van der Waals surface area contributed by atoms with E-state index in [2.05, 4.69) is 33.6 Å². The van der Waals surface area contributed by atoms with Crippen molar-refractivity contribution in [2.75, 3.05) is 0 Å². The molecule has 0 spiro atoms. The number of pyridine rings is 1. The van der Waals surface area contributed by atoms with Crippen LogP contribution in [0.15, 0.2) is 30.0 Å². The molecule has 0 aliphatic carbocycles. The molecule has 0 saturated heterocycles. The maximum Gasteiger partial charge on any atom is 0.325 e. The second-order valence-corrected chi connectivity index (χ2v) is 6.04. The number of hydrogen-bond acceptors (Lipinski definition) is 6. The highest BCUT2D eigenvalue weighted by Crippen LogP contribution is 2.03. The van der Waals surface area contributed by atoms with Crippen molar-refractivity contribution in [2.24, 2.45) is 0 Å². The molecule has 1 unspecified atom stereocenters. The number of aliphatic carboxylic acids is 1. The second-order valence-electron chi connectivity index (χ2n) is 5.26. The predicted octanol–water partition coefficient (Wildman–Crippen LogP) is 0.670. The zero-order valence-electron chi connectivity index (χ0n) is 14.2. The summed E-state index contributed by atoms with van der Waals surface area (Å²) in [5.74, 6) is -2.42. The lowest BCUT2D eigenvalue weighted by Gasteiger charge is -2.13. The number of carboxylic acids is 1. The van der Waals surface area contributed by atoms with Gasteiger partial charge in [-0.05, 0) is 32.9 Å². The standard InChI is InChI=1S/C16H22N4O4S/c1-4-12(14(21)18-9(2)16(23)24)20-15(22)13-7-5-6-11(19-13)8-17-10(3)25/h4-7,9-10,17,25H,8H2,1-3H3,(H,18,21)(H,20,22)(H,23,24)/b12-4-/t9-,10?/m0/s1. The first-order valence-electron chi connectivity index (χ1n) is 7.63. The summed E-state index contributed by atoms with van der Waals surface area (Å²) in [5, 5.41) is 16.6. The maximum absolute atomic E-state index is 12.3. The van der Waals surface area contributed by atoms with Gasteiger partial charge in [0.25, 0.3) is 11.8 Å². The van der Waals surface area contributed by atoms with E-state index in [9.17, 15) is 14.4 Å². The van der Waals surface area contributed by atoms with E-state index in [0.717, 1.165) is 0 Å². The summed E-state index contributed by atoms with van der Waals surface area (Å²) in [4.78, 5) is 39.3. The van der Waals surface area contributed by atoms with Gasteiger partial charge in [-0.2, -0.15) is 12.6 Å². The Hall–Kier alpha value is -2.39. The molecule has 0 radical (unpaired) electrons. The summed E-state index contributed by atoms with van der Waals surface area (Å²) in [6.07, 6.45) is 1.38. The van der Waals surface area contributed by atoms with Gasteiger partial charge < -0.3 is 21.1 Å². The minimum absolute atomic E-state index is 0.0196. The number of amides is 2. The molecule has 1 heterocycles. The number of allylic oxidation sites excluding steroid dienone is 1. The first-order valence-corrected chi connectivity index (χ1v) is 8.15. The molecule has 25 heavy (non-hydrogen) atoms. The van der Waals surface area contributed by atoms with Crippen molar-refractivity contribution in [3.8, 4) is 0 Å². The Labute approximate surface area is 151 Å². The number of carbonyl (C=O) groups is 3. The largest absolute Gasteiger partial charge is 0.480 e. The molecule has 9 heteroatoms. The van der Waals surface area contributed by atoms with E-state index in [1.54, 1.807) is 19.1 Å². The number of rotatable bonds is 8. The molecule has 0 aliphatic heterocycles. The van der Waals surface area contributed by atoms with E-state index in [1.807, 2.05) is 6.92 Å². The van der Waals surface area contributed by atoms with E-state index >= 15 is 0 Å². The highest BCUT2D eigenvalue weighted by atomic mass is 32.1. The number of nitrogens with zero attached hydrogens (tertiary/aromatic N) is 1. The molecule has 0 aliphatic rings. The van der Waals surface area contributed by atoms with Crippen LogP contribution in [0.5, 0.6) is 0 Å². The van der Waals surface area contributed by atoms with Crippen molar-refractivity contribution in [2.45, 2.75) is 38.7 Å². The Morgan fingerprint density at radius 3 is 2.56 bits per heavy atom. The number of carbonyl (C=O) groups excluding carboxylic acids is 2. The topological polar surface area (TPSA) is 120 Å². The fourth-order valence-electron chi connectivity index (χ4n) is 1.74. The molecule has 1 aromatic heterocycles. The lowest BCUT2D eigenvalue weighted by Crippen LogP contribution is -2.42. The molecule has 136 valence electrons. The van der Waals surface area contributed by atoms with Crippen molar-refractivity contribution >= 4 is 30.4 Å². The Balaban J connectivity index is 2.77. The average Bonchev–Trinajstić information content (AvgIpc) is 2.57. The quantitative estimate of drug-likeness (QED) is 0.262. The third kappa shape index (κ3) is 6.94. The highest BCUT2D eigenvalue weighted by molar-refractivity contribution is 7.80. The van der Waals surface area contributed by atoms with Gasteiger partial charge in [0.2, 0.25) is 0 Å². The van der Waals surface area contributed by atoms with Crippen molar-refractivity contribution in [3.63, 3.8) is 0 Å². The predicted molar refractivity (Wildman–Crippen MR) is 96.0 cm³/mol. The van der Waals surface area contributed by atoms with Crippen molar-refractivity contribution < 1.29 is 19.5 Å².